The number of hydrogen-bond acceptors (Lipinski definition) is 7. The lowest BCUT2D eigenvalue weighted by Gasteiger charge is -2.24. The number of aromatic hydroxyl groups is 1. The maximum absolute atomic E-state index is 12.2. The molecule has 7 heteroatoms. The molecule has 0 fully saturated rings. The lowest BCUT2D eigenvalue weighted by molar-refractivity contribution is 0.354. The van der Waals surface area contributed by atoms with Gasteiger partial charge in [-0.3, -0.25) is 5.01 Å². The summed E-state index contributed by atoms with van der Waals surface area (Å²) in [7, 11) is 3.20. The van der Waals surface area contributed by atoms with Gasteiger partial charge >= 0.3 is 5.63 Å². The molecule has 4 aromatic rings. The first kappa shape index (κ1) is 21.6. The van der Waals surface area contributed by atoms with Crippen molar-refractivity contribution in [2.45, 2.75) is 19.4 Å². The van der Waals surface area contributed by atoms with E-state index in [-0.39, 0.29) is 11.8 Å². The van der Waals surface area contributed by atoms with Crippen LogP contribution in [0.4, 0.5) is 5.69 Å². The molecule has 1 aromatic heterocycles. The van der Waals surface area contributed by atoms with Gasteiger partial charge in [-0.15, -0.1) is 0 Å². The zero-order valence-corrected chi connectivity index (χ0v) is 19.1. The molecule has 2 heterocycles. The van der Waals surface area contributed by atoms with Crippen LogP contribution in [-0.2, 0) is 0 Å². The maximum Gasteiger partial charge on any atom is 0.336 e. The van der Waals surface area contributed by atoms with E-state index in [1.165, 1.54) is 6.07 Å². The van der Waals surface area contributed by atoms with Crippen LogP contribution in [0.2, 0.25) is 0 Å². The summed E-state index contributed by atoms with van der Waals surface area (Å²) in [6, 6.07) is 20.2. The van der Waals surface area contributed by atoms with Crippen molar-refractivity contribution in [1.29, 1.82) is 0 Å². The number of methoxy groups -OCH3 is 2. The quantitative estimate of drug-likeness (QED) is 0.417. The van der Waals surface area contributed by atoms with Crippen molar-refractivity contribution in [3.05, 3.63) is 93.8 Å². The number of nitrogens with zero attached hydrogens (tertiary/aromatic N) is 2. The molecule has 3 aromatic carbocycles. The zero-order chi connectivity index (χ0) is 23.8. The van der Waals surface area contributed by atoms with E-state index in [0.717, 1.165) is 22.2 Å². The molecular weight excluding hydrogens is 432 g/mol. The molecule has 1 atom stereocenters. The molecule has 34 heavy (non-hydrogen) atoms. The van der Waals surface area contributed by atoms with Crippen molar-refractivity contribution in [2.24, 2.45) is 5.10 Å². The van der Waals surface area contributed by atoms with Gasteiger partial charge in [-0.2, -0.15) is 5.10 Å². The Labute approximate surface area is 196 Å². The summed E-state index contributed by atoms with van der Waals surface area (Å²) >= 11 is 0. The first-order valence-electron chi connectivity index (χ1n) is 10.9. The summed E-state index contributed by atoms with van der Waals surface area (Å²) < 4.78 is 16.5. The van der Waals surface area contributed by atoms with E-state index in [2.05, 4.69) is 0 Å². The second-order valence-electron chi connectivity index (χ2n) is 8.15. The van der Waals surface area contributed by atoms with Gasteiger partial charge in [0.25, 0.3) is 0 Å². The summed E-state index contributed by atoms with van der Waals surface area (Å²) in [5.41, 5.74) is 3.58. The standard InChI is InChI=1S/C27H24N2O5/c1-16-13-25(31)34-27-19(16)10-11-22(30)26(27)20-15-21(29(28-20)18-7-5-4-6-8-18)17-9-12-23(32-2)24(14-17)33-3/h4-14,21,30H,15H2,1-3H3. The molecule has 1 aliphatic rings. The summed E-state index contributed by atoms with van der Waals surface area (Å²) in [5, 5.41) is 18.4. The Balaban J connectivity index is 1.68. The molecule has 172 valence electrons. The minimum Gasteiger partial charge on any atom is -0.507 e. The van der Waals surface area contributed by atoms with Crippen LogP contribution in [0.15, 0.2) is 81.0 Å². The van der Waals surface area contributed by atoms with Gasteiger partial charge in [-0.1, -0.05) is 24.3 Å². The van der Waals surface area contributed by atoms with Gasteiger partial charge in [0.2, 0.25) is 0 Å². The molecule has 0 spiro atoms. The number of aryl methyl sites for hydroxylation is 1. The van der Waals surface area contributed by atoms with Gasteiger partial charge in [-0.05, 0) is 54.4 Å². The molecule has 1 N–H and O–H groups in total. The third kappa shape index (κ3) is 3.65. The van der Waals surface area contributed by atoms with E-state index in [0.29, 0.717) is 34.8 Å². The largest absolute Gasteiger partial charge is 0.507 e. The molecule has 0 amide bonds. The van der Waals surface area contributed by atoms with Crippen LogP contribution in [0.25, 0.3) is 11.0 Å². The summed E-state index contributed by atoms with van der Waals surface area (Å²) in [4.78, 5) is 12.2. The van der Waals surface area contributed by atoms with Gasteiger partial charge in [0, 0.05) is 17.9 Å². The zero-order valence-electron chi connectivity index (χ0n) is 19.1. The van der Waals surface area contributed by atoms with E-state index in [4.69, 9.17) is 19.0 Å². The number of rotatable bonds is 5. The fourth-order valence-corrected chi connectivity index (χ4v) is 4.45. The monoisotopic (exact) mass is 456 g/mol. The fourth-order valence-electron chi connectivity index (χ4n) is 4.45. The number of fused-ring (bicyclic) bond motifs is 1. The van der Waals surface area contributed by atoms with Gasteiger partial charge in [0.15, 0.2) is 17.1 Å². The number of hydrazone groups is 1. The van der Waals surface area contributed by atoms with E-state index < -0.39 is 5.63 Å². The number of phenols is 1. The van der Waals surface area contributed by atoms with Gasteiger partial charge in [0.1, 0.15) is 5.75 Å². The molecule has 7 nitrogen and oxygen atoms in total. The highest BCUT2D eigenvalue weighted by molar-refractivity contribution is 6.13. The Bertz CT molecular complexity index is 1460. The normalized spacial score (nSPS) is 15.4. The predicted molar refractivity (Wildman–Crippen MR) is 131 cm³/mol. The molecule has 0 saturated heterocycles. The highest BCUT2D eigenvalue weighted by Crippen LogP contribution is 2.42. The molecule has 0 aliphatic carbocycles. The second-order valence-corrected chi connectivity index (χ2v) is 8.15. The number of anilines is 1. The Morgan fingerprint density at radius 3 is 2.50 bits per heavy atom. The van der Waals surface area contributed by atoms with E-state index in [1.54, 1.807) is 26.4 Å². The SMILES string of the molecule is COc1ccc(C2CC(c3c(O)ccc4c(C)cc(=O)oc34)=NN2c2ccccc2)cc1OC. The Morgan fingerprint density at radius 1 is 1.00 bits per heavy atom. The summed E-state index contributed by atoms with van der Waals surface area (Å²) in [5.74, 6) is 1.28. The smallest absolute Gasteiger partial charge is 0.336 e. The van der Waals surface area contributed by atoms with Crippen molar-refractivity contribution >= 4 is 22.4 Å². The second kappa shape index (κ2) is 8.59. The number of benzene rings is 3. The first-order valence-corrected chi connectivity index (χ1v) is 10.9. The van der Waals surface area contributed by atoms with Crippen molar-refractivity contribution in [3.63, 3.8) is 0 Å². The van der Waals surface area contributed by atoms with Gasteiger partial charge in [-0.25, -0.2) is 4.79 Å². The van der Waals surface area contributed by atoms with Crippen LogP contribution in [0.5, 0.6) is 17.2 Å². The minimum absolute atomic E-state index is 0.0148. The summed E-state index contributed by atoms with van der Waals surface area (Å²) in [6.07, 6.45) is 0.481. The Morgan fingerprint density at radius 2 is 1.76 bits per heavy atom. The Kier molecular flexibility index (Phi) is 5.45. The molecule has 5 rings (SSSR count). The Hall–Kier alpha value is -4.26. The maximum atomic E-state index is 12.2. The van der Waals surface area contributed by atoms with Crippen LogP contribution in [-0.4, -0.2) is 25.0 Å². The van der Waals surface area contributed by atoms with Crippen molar-refractivity contribution in [1.82, 2.24) is 0 Å². The molecule has 1 aliphatic heterocycles. The highest BCUT2D eigenvalue weighted by atomic mass is 16.5. The number of ether oxygens (including phenoxy) is 2. The van der Waals surface area contributed by atoms with Gasteiger partial charge < -0.3 is 19.0 Å². The van der Waals surface area contributed by atoms with E-state index in [1.807, 2.05) is 60.5 Å². The van der Waals surface area contributed by atoms with Crippen LogP contribution in [0.3, 0.4) is 0 Å². The third-order valence-corrected chi connectivity index (χ3v) is 6.11. The topological polar surface area (TPSA) is 84.5 Å². The summed E-state index contributed by atoms with van der Waals surface area (Å²) in [6.45, 7) is 1.85. The van der Waals surface area contributed by atoms with Crippen LogP contribution in [0, 0.1) is 6.92 Å². The number of phenolic OH excluding ortho intramolecular Hbond substituents is 1. The molecule has 0 radical (unpaired) electrons. The van der Waals surface area contributed by atoms with Crippen molar-refractivity contribution in [3.8, 4) is 17.2 Å². The molecule has 0 saturated carbocycles. The number of para-hydroxylation sites is 1. The van der Waals surface area contributed by atoms with Crippen molar-refractivity contribution in [2.75, 3.05) is 19.2 Å². The first-order chi connectivity index (χ1) is 16.5. The third-order valence-electron chi connectivity index (χ3n) is 6.11. The fraction of sp³-hybridized carbons (Fsp3) is 0.185. The van der Waals surface area contributed by atoms with E-state index >= 15 is 0 Å². The molecule has 0 bridgehead atoms. The van der Waals surface area contributed by atoms with Crippen molar-refractivity contribution < 1.29 is 19.0 Å². The lowest BCUT2D eigenvalue weighted by Crippen LogP contribution is -2.18. The molecular formula is C27H24N2O5. The van der Waals surface area contributed by atoms with E-state index in [9.17, 15) is 9.90 Å². The highest BCUT2D eigenvalue weighted by Gasteiger charge is 2.33. The lowest BCUT2D eigenvalue weighted by atomic mass is 9.95. The predicted octanol–water partition coefficient (Wildman–Crippen LogP) is 5.18. The van der Waals surface area contributed by atoms with Crippen LogP contribution >= 0.6 is 0 Å². The number of hydrogen-bond donors (Lipinski definition) is 1. The average Bonchev–Trinajstić information content (AvgIpc) is 3.28. The van der Waals surface area contributed by atoms with Crippen LogP contribution in [0.1, 0.15) is 29.2 Å². The van der Waals surface area contributed by atoms with Crippen LogP contribution < -0.4 is 20.1 Å². The average molecular weight is 456 g/mol. The molecule has 1 unspecified atom stereocenters. The van der Waals surface area contributed by atoms with Gasteiger partial charge in [0.05, 0.1) is 37.2 Å². The minimum atomic E-state index is -0.466.